The molecule has 0 aliphatic carbocycles. The number of nitrogens with one attached hydrogen (secondary N) is 3. The lowest BCUT2D eigenvalue weighted by Gasteiger charge is -2.13. The highest BCUT2D eigenvalue weighted by molar-refractivity contribution is 5.68. The van der Waals surface area contributed by atoms with Crippen molar-refractivity contribution < 1.29 is 0 Å². The Labute approximate surface area is 134 Å². The second kappa shape index (κ2) is 5.66. The van der Waals surface area contributed by atoms with Gasteiger partial charge in [0.25, 0.3) is 0 Å². The molecule has 1 aliphatic rings. The van der Waals surface area contributed by atoms with Gasteiger partial charge >= 0.3 is 0 Å². The molecule has 7 heteroatoms. The van der Waals surface area contributed by atoms with Gasteiger partial charge in [-0.05, 0) is 31.0 Å². The Kier molecular flexibility index (Phi) is 3.49. The first-order valence-corrected chi connectivity index (χ1v) is 8.08. The molecule has 120 valence electrons. The van der Waals surface area contributed by atoms with Gasteiger partial charge in [0.05, 0.1) is 11.9 Å². The summed E-state index contributed by atoms with van der Waals surface area (Å²) in [5.41, 5.74) is 4.23. The molecule has 0 radical (unpaired) electrons. The van der Waals surface area contributed by atoms with Crippen LogP contribution in [0.2, 0.25) is 0 Å². The summed E-state index contributed by atoms with van der Waals surface area (Å²) in [6, 6.07) is 4.52. The number of aromatic amines is 1. The van der Waals surface area contributed by atoms with Crippen LogP contribution >= 0.6 is 0 Å². The average Bonchev–Trinajstić information content (AvgIpc) is 3.27. The molecule has 1 fully saturated rings. The van der Waals surface area contributed by atoms with E-state index in [0.717, 1.165) is 42.0 Å². The minimum absolute atomic E-state index is 0.325. The standard InChI is InChI=1S/C16H21N7/c1-10(2)15-13(11-7-18-19-8-11)3-4-14-21-16(22-23(14)15)20-12-5-6-17-9-12/h3-4,7-8,10,12,17H,5-6,9H2,1-2H3,(H,18,19)(H,20,22). The summed E-state index contributed by atoms with van der Waals surface area (Å²) in [6.07, 6.45) is 4.85. The minimum atomic E-state index is 0.325. The summed E-state index contributed by atoms with van der Waals surface area (Å²) in [5, 5.41) is 18.4. The third-order valence-electron chi connectivity index (χ3n) is 4.29. The summed E-state index contributed by atoms with van der Waals surface area (Å²) in [6.45, 7) is 6.36. The van der Waals surface area contributed by atoms with E-state index in [2.05, 4.69) is 45.7 Å². The van der Waals surface area contributed by atoms with Gasteiger partial charge in [-0.2, -0.15) is 10.1 Å². The van der Waals surface area contributed by atoms with Crippen LogP contribution < -0.4 is 10.6 Å². The lowest BCUT2D eigenvalue weighted by Crippen LogP contribution is -2.22. The summed E-state index contributed by atoms with van der Waals surface area (Å²) in [4.78, 5) is 4.63. The van der Waals surface area contributed by atoms with Crippen LogP contribution in [0.15, 0.2) is 24.5 Å². The van der Waals surface area contributed by atoms with Crippen LogP contribution in [0.25, 0.3) is 16.8 Å². The molecule has 4 rings (SSSR count). The molecule has 3 aromatic heterocycles. The van der Waals surface area contributed by atoms with Crippen LogP contribution in [0.5, 0.6) is 0 Å². The number of hydrogen-bond acceptors (Lipinski definition) is 5. The monoisotopic (exact) mass is 311 g/mol. The molecular weight excluding hydrogens is 290 g/mol. The van der Waals surface area contributed by atoms with Crippen molar-refractivity contribution in [3.63, 3.8) is 0 Å². The first-order chi connectivity index (χ1) is 11.2. The molecular formula is C16H21N7. The number of hydrogen-bond donors (Lipinski definition) is 3. The molecule has 0 bridgehead atoms. The molecule has 23 heavy (non-hydrogen) atoms. The highest BCUT2D eigenvalue weighted by Crippen LogP contribution is 2.29. The minimum Gasteiger partial charge on any atom is -0.349 e. The molecule has 3 aromatic rings. The molecule has 1 unspecified atom stereocenters. The van der Waals surface area contributed by atoms with E-state index in [0.29, 0.717) is 17.9 Å². The van der Waals surface area contributed by atoms with Gasteiger partial charge in [-0.25, -0.2) is 4.52 Å². The van der Waals surface area contributed by atoms with Crippen molar-refractivity contribution in [1.82, 2.24) is 30.1 Å². The van der Waals surface area contributed by atoms with E-state index < -0.39 is 0 Å². The first-order valence-electron chi connectivity index (χ1n) is 8.08. The van der Waals surface area contributed by atoms with Crippen LogP contribution in [0, 0.1) is 0 Å². The molecule has 1 aliphatic heterocycles. The van der Waals surface area contributed by atoms with Gasteiger partial charge in [0.15, 0.2) is 5.65 Å². The van der Waals surface area contributed by atoms with Crippen LogP contribution in [0.4, 0.5) is 5.95 Å². The van der Waals surface area contributed by atoms with E-state index in [4.69, 9.17) is 5.10 Å². The van der Waals surface area contributed by atoms with Crippen molar-refractivity contribution >= 4 is 11.6 Å². The number of nitrogens with zero attached hydrogens (tertiary/aromatic N) is 4. The van der Waals surface area contributed by atoms with Crippen LogP contribution in [0.1, 0.15) is 31.9 Å². The Bertz CT molecular complexity index is 797. The molecule has 0 spiro atoms. The molecule has 0 saturated carbocycles. The normalized spacial score (nSPS) is 18.1. The van der Waals surface area contributed by atoms with Crippen molar-refractivity contribution in [3.8, 4) is 11.1 Å². The third kappa shape index (κ3) is 2.57. The summed E-state index contributed by atoms with van der Waals surface area (Å²) in [7, 11) is 0. The lowest BCUT2D eigenvalue weighted by atomic mass is 10.00. The first kappa shape index (κ1) is 14.2. The molecule has 0 amide bonds. The Hall–Kier alpha value is -2.41. The zero-order chi connectivity index (χ0) is 15.8. The maximum absolute atomic E-state index is 4.70. The predicted molar refractivity (Wildman–Crippen MR) is 89.6 cm³/mol. The van der Waals surface area contributed by atoms with E-state index in [1.54, 1.807) is 0 Å². The zero-order valence-electron chi connectivity index (χ0n) is 13.4. The quantitative estimate of drug-likeness (QED) is 0.686. The fourth-order valence-corrected chi connectivity index (χ4v) is 3.19. The fourth-order valence-electron chi connectivity index (χ4n) is 3.19. The van der Waals surface area contributed by atoms with Gasteiger partial charge < -0.3 is 10.6 Å². The maximum Gasteiger partial charge on any atom is 0.243 e. The Morgan fingerprint density at radius 2 is 2.26 bits per heavy atom. The second-order valence-corrected chi connectivity index (χ2v) is 6.31. The van der Waals surface area contributed by atoms with Gasteiger partial charge in [0.1, 0.15) is 0 Å². The second-order valence-electron chi connectivity index (χ2n) is 6.31. The van der Waals surface area contributed by atoms with E-state index in [1.165, 1.54) is 0 Å². The number of H-pyrrole nitrogens is 1. The highest BCUT2D eigenvalue weighted by Gasteiger charge is 2.19. The number of fused-ring (bicyclic) bond motifs is 1. The number of rotatable bonds is 4. The summed E-state index contributed by atoms with van der Waals surface area (Å²) in [5.74, 6) is 1.02. The Balaban J connectivity index is 1.79. The van der Waals surface area contributed by atoms with Gasteiger partial charge in [-0.1, -0.05) is 13.8 Å². The van der Waals surface area contributed by atoms with Crippen LogP contribution in [-0.4, -0.2) is 43.9 Å². The molecule has 1 atom stereocenters. The molecule has 0 aromatic carbocycles. The van der Waals surface area contributed by atoms with Crippen molar-refractivity contribution in [3.05, 3.63) is 30.2 Å². The molecule has 1 saturated heterocycles. The van der Waals surface area contributed by atoms with Crippen molar-refractivity contribution in [2.45, 2.75) is 32.2 Å². The fraction of sp³-hybridized carbons (Fsp3) is 0.438. The van der Waals surface area contributed by atoms with Crippen molar-refractivity contribution in [1.29, 1.82) is 0 Å². The Morgan fingerprint density at radius 1 is 1.35 bits per heavy atom. The molecule has 4 heterocycles. The van der Waals surface area contributed by atoms with Gasteiger partial charge in [0.2, 0.25) is 5.95 Å². The topological polar surface area (TPSA) is 82.9 Å². The summed E-state index contributed by atoms with van der Waals surface area (Å²) >= 11 is 0. The van der Waals surface area contributed by atoms with Gasteiger partial charge in [-0.3, -0.25) is 5.10 Å². The number of aromatic nitrogens is 5. The summed E-state index contributed by atoms with van der Waals surface area (Å²) < 4.78 is 1.96. The smallest absolute Gasteiger partial charge is 0.243 e. The largest absolute Gasteiger partial charge is 0.349 e. The number of pyridine rings is 1. The van der Waals surface area contributed by atoms with Gasteiger partial charge in [0, 0.05) is 29.9 Å². The lowest BCUT2D eigenvalue weighted by molar-refractivity contribution is 0.749. The highest BCUT2D eigenvalue weighted by atomic mass is 15.4. The molecule has 3 N–H and O–H groups in total. The predicted octanol–water partition coefficient (Wildman–Crippen LogP) is 2.02. The van der Waals surface area contributed by atoms with Crippen molar-refractivity contribution in [2.24, 2.45) is 0 Å². The van der Waals surface area contributed by atoms with Gasteiger partial charge in [-0.15, -0.1) is 5.10 Å². The molecule has 7 nitrogen and oxygen atoms in total. The third-order valence-corrected chi connectivity index (χ3v) is 4.29. The zero-order valence-corrected chi connectivity index (χ0v) is 13.4. The van der Waals surface area contributed by atoms with E-state index in [1.807, 2.05) is 23.0 Å². The van der Waals surface area contributed by atoms with E-state index >= 15 is 0 Å². The van der Waals surface area contributed by atoms with Crippen LogP contribution in [-0.2, 0) is 0 Å². The SMILES string of the molecule is CC(C)c1c(-c2cn[nH]c2)ccc2nc(NC3CCNC3)nn12. The maximum atomic E-state index is 4.70. The Morgan fingerprint density at radius 3 is 2.96 bits per heavy atom. The van der Waals surface area contributed by atoms with E-state index in [9.17, 15) is 0 Å². The number of anilines is 1. The average molecular weight is 311 g/mol. The van der Waals surface area contributed by atoms with Crippen LogP contribution in [0.3, 0.4) is 0 Å². The van der Waals surface area contributed by atoms with E-state index in [-0.39, 0.29) is 0 Å². The van der Waals surface area contributed by atoms with Crippen molar-refractivity contribution in [2.75, 3.05) is 18.4 Å².